The minimum absolute atomic E-state index is 0.492. The van der Waals surface area contributed by atoms with Gasteiger partial charge >= 0.3 is 0 Å². The fourth-order valence-electron chi connectivity index (χ4n) is 10.3. The van der Waals surface area contributed by atoms with Crippen molar-refractivity contribution >= 4 is 43.6 Å². The van der Waals surface area contributed by atoms with Crippen LogP contribution in [0.15, 0.2) is 249 Å². The summed E-state index contributed by atoms with van der Waals surface area (Å²) in [6.45, 7) is 0. The molecule has 0 aliphatic heterocycles. The largest absolute Gasteiger partial charge is 0.309 e. The number of rotatable bonds is 9. The van der Waals surface area contributed by atoms with Crippen molar-refractivity contribution in [1.29, 1.82) is 0 Å². The molecule has 9 aromatic carbocycles. The van der Waals surface area contributed by atoms with E-state index in [1.807, 2.05) is 134 Å². The highest BCUT2D eigenvalue weighted by Crippen LogP contribution is 2.43. The molecule has 0 bridgehead atoms. The van der Waals surface area contributed by atoms with Gasteiger partial charge in [0.25, 0.3) is 0 Å². The number of benzene rings is 9. The van der Waals surface area contributed by atoms with Crippen LogP contribution in [-0.4, -0.2) is 44.0 Å². The van der Waals surface area contributed by atoms with E-state index < -0.39 is 0 Å². The molecule has 5 heterocycles. The van der Waals surface area contributed by atoms with E-state index in [1.54, 1.807) is 0 Å². The number of pyridine rings is 1. The van der Waals surface area contributed by atoms with Gasteiger partial charge in [-0.1, -0.05) is 176 Å². The van der Waals surface area contributed by atoms with Gasteiger partial charge < -0.3 is 9.13 Å². The van der Waals surface area contributed by atoms with E-state index in [9.17, 15) is 0 Å². The maximum absolute atomic E-state index is 5.29. The Hall–Kier alpha value is -10.3. The Morgan fingerprint density at radius 3 is 1.19 bits per heavy atom. The molecule has 5 aromatic heterocycles. The average molecular weight is 948 g/mol. The average Bonchev–Trinajstić information content (AvgIpc) is 3.99. The Bertz CT molecular complexity index is 4290. The van der Waals surface area contributed by atoms with Crippen LogP contribution < -0.4 is 0 Å². The molecule has 0 amide bonds. The number of fused-ring (bicyclic) bond motifs is 6. The summed E-state index contributed by atoms with van der Waals surface area (Å²) in [5.74, 6) is 3.29. The predicted molar refractivity (Wildman–Crippen MR) is 298 cm³/mol. The van der Waals surface area contributed by atoms with Crippen LogP contribution in [0.3, 0.4) is 0 Å². The molecule has 0 radical (unpaired) electrons. The van der Waals surface area contributed by atoms with Gasteiger partial charge in [0.15, 0.2) is 34.9 Å². The first-order valence-electron chi connectivity index (χ1n) is 24.6. The second kappa shape index (κ2) is 17.9. The lowest BCUT2D eigenvalue weighted by molar-refractivity contribution is 1.07. The van der Waals surface area contributed by atoms with Crippen molar-refractivity contribution in [2.45, 2.75) is 0 Å². The van der Waals surface area contributed by atoms with Crippen molar-refractivity contribution in [3.8, 4) is 91.0 Å². The Morgan fingerprint density at radius 1 is 0.257 bits per heavy atom. The quantitative estimate of drug-likeness (QED) is 0.142. The van der Waals surface area contributed by atoms with Gasteiger partial charge in [-0.05, 0) is 66.7 Å². The molecule has 0 saturated carbocycles. The lowest BCUT2D eigenvalue weighted by Crippen LogP contribution is -2.04. The molecule has 9 nitrogen and oxygen atoms in total. The topological polar surface area (TPSA) is 100 Å². The Balaban J connectivity index is 1.07. The van der Waals surface area contributed by atoms with Gasteiger partial charge in [-0.3, -0.25) is 4.98 Å². The normalized spacial score (nSPS) is 11.5. The zero-order chi connectivity index (χ0) is 49.0. The number of nitrogens with zero attached hydrogens (tertiary/aromatic N) is 9. The van der Waals surface area contributed by atoms with Gasteiger partial charge in [-0.25, -0.2) is 29.9 Å². The fraction of sp³-hybridized carbons (Fsp3) is 0. The van der Waals surface area contributed by atoms with E-state index in [2.05, 4.69) is 124 Å². The van der Waals surface area contributed by atoms with Crippen molar-refractivity contribution in [1.82, 2.24) is 44.0 Å². The summed E-state index contributed by atoms with van der Waals surface area (Å²) in [6.07, 6.45) is 1.84. The lowest BCUT2D eigenvalue weighted by atomic mass is 9.99. The van der Waals surface area contributed by atoms with E-state index in [4.69, 9.17) is 34.9 Å². The fourth-order valence-corrected chi connectivity index (χ4v) is 10.3. The first-order valence-corrected chi connectivity index (χ1v) is 24.6. The summed E-state index contributed by atoms with van der Waals surface area (Å²) in [4.78, 5) is 36.3. The molecule has 14 aromatic rings. The second-order valence-corrected chi connectivity index (χ2v) is 18.1. The Morgan fingerprint density at radius 2 is 0.676 bits per heavy atom. The van der Waals surface area contributed by atoms with Crippen molar-refractivity contribution in [3.05, 3.63) is 249 Å². The van der Waals surface area contributed by atoms with E-state index >= 15 is 0 Å². The van der Waals surface area contributed by atoms with Gasteiger partial charge in [0, 0.05) is 72.4 Å². The van der Waals surface area contributed by atoms with Crippen LogP contribution in [0.5, 0.6) is 0 Å². The van der Waals surface area contributed by atoms with Crippen molar-refractivity contribution in [2.24, 2.45) is 0 Å². The highest BCUT2D eigenvalue weighted by molar-refractivity contribution is 6.19. The zero-order valence-corrected chi connectivity index (χ0v) is 39.7. The van der Waals surface area contributed by atoms with Crippen LogP contribution in [0.4, 0.5) is 0 Å². The molecule has 0 aliphatic rings. The van der Waals surface area contributed by atoms with Crippen LogP contribution in [0.2, 0.25) is 0 Å². The maximum atomic E-state index is 5.29. The monoisotopic (exact) mass is 947 g/mol. The Labute approximate surface area is 425 Å². The summed E-state index contributed by atoms with van der Waals surface area (Å²) in [7, 11) is 0. The third kappa shape index (κ3) is 7.38. The van der Waals surface area contributed by atoms with Crippen LogP contribution in [0.25, 0.3) is 135 Å². The van der Waals surface area contributed by atoms with Crippen molar-refractivity contribution in [2.75, 3.05) is 0 Å². The summed E-state index contributed by atoms with van der Waals surface area (Å²) < 4.78 is 4.75. The molecule has 0 saturated heterocycles. The molecule has 0 N–H and O–H groups in total. The summed E-state index contributed by atoms with van der Waals surface area (Å²) in [5.41, 5.74) is 12.9. The van der Waals surface area contributed by atoms with Gasteiger partial charge in [0.2, 0.25) is 0 Å². The molecule has 0 aliphatic carbocycles. The predicted octanol–water partition coefficient (Wildman–Crippen LogP) is 15.3. The molecule has 14 rings (SSSR count). The van der Waals surface area contributed by atoms with Crippen LogP contribution in [-0.2, 0) is 0 Å². The van der Waals surface area contributed by atoms with Gasteiger partial charge in [0.05, 0.1) is 33.4 Å². The minimum Gasteiger partial charge on any atom is -0.309 e. The van der Waals surface area contributed by atoms with E-state index in [1.165, 1.54) is 10.8 Å². The highest BCUT2D eigenvalue weighted by atomic mass is 15.1. The minimum atomic E-state index is 0.492. The first-order chi connectivity index (χ1) is 36.7. The number of hydrogen-bond donors (Lipinski definition) is 0. The zero-order valence-electron chi connectivity index (χ0n) is 39.7. The molecule has 0 unspecified atom stereocenters. The molecular formula is C65H41N9. The van der Waals surface area contributed by atoms with Crippen LogP contribution in [0.1, 0.15) is 0 Å². The summed E-state index contributed by atoms with van der Waals surface area (Å²) in [6, 6.07) is 83.3. The van der Waals surface area contributed by atoms with Gasteiger partial charge in [-0.2, -0.15) is 0 Å². The third-order valence-electron chi connectivity index (χ3n) is 13.7. The highest BCUT2D eigenvalue weighted by Gasteiger charge is 2.24. The maximum Gasteiger partial charge on any atom is 0.166 e. The SMILES string of the molecule is c1ccc(-c2nc(-c3ccccc3)nc(-c3ccc(-n4c5ccccc5c5cc6c7ccccc7n(-c7ccccc7)c6cc54)c(-c4ncccc4-c4nc(-c5ccccc5)nc(-c5ccccc5)n4)c3)n2)cc1. The van der Waals surface area contributed by atoms with E-state index in [0.717, 1.165) is 83.2 Å². The van der Waals surface area contributed by atoms with Gasteiger partial charge in [-0.15, -0.1) is 0 Å². The molecule has 74 heavy (non-hydrogen) atoms. The van der Waals surface area contributed by atoms with Crippen LogP contribution in [0, 0.1) is 0 Å². The lowest BCUT2D eigenvalue weighted by Gasteiger charge is -2.18. The van der Waals surface area contributed by atoms with E-state index in [0.29, 0.717) is 40.6 Å². The molecular weight excluding hydrogens is 907 g/mol. The third-order valence-corrected chi connectivity index (χ3v) is 13.7. The molecule has 346 valence electrons. The Kier molecular flexibility index (Phi) is 10.3. The molecule has 0 atom stereocenters. The first kappa shape index (κ1) is 42.6. The number of para-hydroxylation sites is 3. The van der Waals surface area contributed by atoms with Crippen molar-refractivity contribution < 1.29 is 0 Å². The van der Waals surface area contributed by atoms with E-state index in [-0.39, 0.29) is 0 Å². The standard InChI is InChI=1S/C65H41N9/c1-6-21-42(22-7-1)60-67-61(43-23-8-2-9-24-43)70-64(69-60)46-36-37-56(53(39-46)59-50(33-20-38-66-59)65-71-62(44-25-10-3-11-26-44)68-63(72-65)45-27-12-4-13-28-45)74-55-35-19-17-32-49(55)52-40-51-48-31-16-18-34-54(48)73(57(51)41-58(52)74)47-29-14-5-15-30-47/h1-41H. The van der Waals surface area contributed by atoms with Gasteiger partial charge in [0.1, 0.15) is 0 Å². The molecule has 0 spiro atoms. The molecule has 9 heteroatoms. The summed E-state index contributed by atoms with van der Waals surface area (Å²) >= 11 is 0. The summed E-state index contributed by atoms with van der Waals surface area (Å²) in [5, 5.41) is 4.64. The van der Waals surface area contributed by atoms with Crippen LogP contribution >= 0.6 is 0 Å². The molecule has 0 fully saturated rings. The second-order valence-electron chi connectivity index (χ2n) is 18.1. The number of aromatic nitrogens is 9. The smallest absolute Gasteiger partial charge is 0.166 e. The van der Waals surface area contributed by atoms with Crippen molar-refractivity contribution in [3.63, 3.8) is 0 Å². The number of hydrogen-bond acceptors (Lipinski definition) is 7.